The van der Waals surface area contributed by atoms with E-state index in [0.29, 0.717) is 12.1 Å². The molecule has 1 N–H and O–H groups in total. The Morgan fingerprint density at radius 1 is 1.25 bits per heavy atom. The summed E-state index contributed by atoms with van der Waals surface area (Å²) >= 11 is 0. The zero-order chi connectivity index (χ0) is 11.8. The van der Waals surface area contributed by atoms with Crippen LogP contribution < -0.4 is 5.32 Å². The van der Waals surface area contributed by atoms with Gasteiger partial charge in [0.2, 0.25) is 0 Å². The van der Waals surface area contributed by atoms with Crippen molar-refractivity contribution < 1.29 is 9.53 Å². The lowest BCUT2D eigenvalue weighted by molar-refractivity contribution is 0.0157. The van der Waals surface area contributed by atoms with Gasteiger partial charge in [-0.2, -0.15) is 0 Å². The van der Waals surface area contributed by atoms with Crippen molar-refractivity contribution in [1.29, 1.82) is 0 Å². The number of ether oxygens (including phenoxy) is 1. The van der Waals surface area contributed by atoms with E-state index in [0.717, 1.165) is 32.4 Å². The first-order chi connectivity index (χ1) is 7.47. The molecule has 1 aliphatic carbocycles. The molecule has 2 fully saturated rings. The van der Waals surface area contributed by atoms with Gasteiger partial charge in [-0.05, 0) is 46.6 Å². The summed E-state index contributed by atoms with van der Waals surface area (Å²) in [7, 11) is 0. The van der Waals surface area contributed by atoms with Crippen LogP contribution in [0.5, 0.6) is 0 Å². The normalized spacial score (nSPS) is 25.6. The first kappa shape index (κ1) is 11.7. The van der Waals surface area contributed by atoms with Crippen LogP contribution in [0.3, 0.4) is 0 Å². The lowest BCUT2D eigenvalue weighted by Crippen LogP contribution is -2.45. The number of rotatable bonds is 2. The Balaban J connectivity index is 1.98. The molecule has 92 valence electrons. The molecular weight excluding hydrogens is 204 g/mol. The summed E-state index contributed by atoms with van der Waals surface area (Å²) in [6.45, 7) is 7.68. The van der Waals surface area contributed by atoms with E-state index in [2.05, 4.69) is 5.32 Å². The van der Waals surface area contributed by atoms with Crippen molar-refractivity contribution >= 4 is 6.09 Å². The molecule has 16 heavy (non-hydrogen) atoms. The van der Waals surface area contributed by atoms with Crippen LogP contribution in [-0.2, 0) is 4.74 Å². The van der Waals surface area contributed by atoms with Crippen molar-refractivity contribution in [3.05, 3.63) is 0 Å². The zero-order valence-electron chi connectivity index (χ0n) is 10.5. The molecule has 4 heteroatoms. The Bertz CT molecular complexity index is 263. The van der Waals surface area contributed by atoms with E-state index < -0.39 is 5.60 Å². The van der Waals surface area contributed by atoms with E-state index in [4.69, 9.17) is 4.74 Å². The molecule has 0 aromatic carbocycles. The molecule has 1 atom stereocenters. The van der Waals surface area contributed by atoms with Crippen molar-refractivity contribution in [2.45, 2.75) is 57.7 Å². The summed E-state index contributed by atoms with van der Waals surface area (Å²) in [5, 5.41) is 3.30. The predicted molar refractivity (Wildman–Crippen MR) is 62.4 cm³/mol. The molecule has 1 saturated heterocycles. The molecule has 1 aliphatic heterocycles. The number of nitrogens with one attached hydrogen (secondary N) is 1. The number of amides is 1. The first-order valence-electron chi connectivity index (χ1n) is 6.19. The Kier molecular flexibility index (Phi) is 3.10. The van der Waals surface area contributed by atoms with Crippen LogP contribution in [0.1, 0.15) is 40.0 Å². The fourth-order valence-electron chi connectivity index (χ4n) is 2.14. The second-order valence-corrected chi connectivity index (χ2v) is 5.77. The highest BCUT2D eigenvalue weighted by atomic mass is 16.6. The Morgan fingerprint density at radius 3 is 2.38 bits per heavy atom. The maximum atomic E-state index is 12.1. The summed E-state index contributed by atoms with van der Waals surface area (Å²) in [6, 6.07) is 0.766. The minimum Gasteiger partial charge on any atom is -0.444 e. The molecule has 0 bridgehead atoms. The summed E-state index contributed by atoms with van der Waals surface area (Å²) in [5.74, 6) is 0. The van der Waals surface area contributed by atoms with E-state index >= 15 is 0 Å². The quantitative estimate of drug-likeness (QED) is 0.780. The second-order valence-electron chi connectivity index (χ2n) is 5.77. The van der Waals surface area contributed by atoms with Gasteiger partial charge < -0.3 is 15.0 Å². The average molecular weight is 226 g/mol. The minimum atomic E-state index is -0.393. The topological polar surface area (TPSA) is 41.6 Å². The Labute approximate surface area is 97.3 Å². The number of carbonyl (C=O) groups excluding carboxylic acids is 1. The SMILES string of the molecule is CC(C)(C)OC(=O)N(C1CC1)[C@H]1CCNC1. The van der Waals surface area contributed by atoms with E-state index in [1.807, 2.05) is 25.7 Å². The minimum absolute atomic E-state index is 0.135. The molecule has 2 aliphatic rings. The van der Waals surface area contributed by atoms with Gasteiger partial charge in [-0.15, -0.1) is 0 Å². The molecule has 1 amide bonds. The van der Waals surface area contributed by atoms with Crippen molar-refractivity contribution in [3.63, 3.8) is 0 Å². The monoisotopic (exact) mass is 226 g/mol. The van der Waals surface area contributed by atoms with Crippen LogP contribution in [0.25, 0.3) is 0 Å². The molecule has 2 rings (SSSR count). The highest BCUT2D eigenvalue weighted by Gasteiger charge is 2.40. The fourth-order valence-corrected chi connectivity index (χ4v) is 2.14. The van der Waals surface area contributed by atoms with Gasteiger partial charge in [0.15, 0.2) is 0 Å². The zero-order valence-corrected chi connectivity index (χ0v) is 10.5. The molecular formula is C12H22N2O2. The maximum absolute atomic E-state index is 12.1. The highest BCUT2D eigenvalue weighted by Crippen LogP contribution is 2.31. The van der Waals surface area contributed by atoms with Gasteiger partial charge in [0.1, 0.15) is 5.60 Å². The summed E-state index contributed by atoms with van der Waals surface area (Å²) in [4.78, 5) is 14.1. The van der Waals surface area contributed by atoms with Gasteiger partial charge >= 0.3 is 6.09 Å². The first-order valence-corrected chi connectivity index (χ1v) is 6.19. The van der Waals surface area contributed by atoms with E-state index in [-0.39, 0.29) is 6.09 Å². The van der Waals surface area contributed by atoms with Gasteiger partial charge in [-0.1, -0.05) is 0 Å². The number of hydrogen-bond donors (Lipinski definition) is 1. The van der Waals surface area contributed by atoms with E-state index in [1.165, 1.54) is 0 Å². The van der Waals surface area contributed by atoms with Crippen molar-refractivity contribution in [3.8, 4) is 0 Å². The Hall–Kier alpha value is -0.770. The average Bonchev–Trinajstić information content (AvgIpc) is 2.78. The van der Waals surface area contributed by atoms with E-state index in [1.54, 1.807) is 0 Å². The van der Waals surface area contributed by atoms with Crippen molar-refractivity contribution in [1.82, 2.24) is 10.2 Å². The standard InChI is InChI=1S/C12H22N2O2/c1-12(2,3)16-11(15)14(9-4-5-9)10-6-7-13-8-10/h9-10,13H,4-8H2,1-3H3/t10-/m0/s1. The molecule has 0 radical (unpaired) electrons. The van der Waals surface area contributed by atoms with Crippen LogP contribution in [0.2, 0.25) is 0 Å². The predicted octanol–water partition coefficient (Wildman–Crippen LogP) is 1.75. The fraction of sp³-hybridized carbons (Fsp3) is 0.917. The van der Waals surface area contributed by atoms with Gasteiger partial charge in [-0.3, -0.25) is 0 Å². The summed E-state index contributed by atoms with van der Waals surface area (Å²) in [5.41, 5.74) is -0.393. The van der Waals surface area contributed by atoms with Crippen LogP contribution in [0.15, 0.2) is 0 Å². The Morgan fingerprint density at radius 2 is 1.94 bits per heavy atom. The lowest BCUT2D eigenvalue weighted by atomic mass is 10.2. The number of carbonyl (C=O) groups is 1. The summed E-state index contributed by atoms with van der Waals surface area (Å²) in [6.07, 6.45) is 3.19. The molecule has 0 spiro atoms. The largest absolute Gasteiger partial charge is 0.444 e. The third-order valence-corrected chi connectivity index (χ3v) is 2.97. The molecule has 0 aromatic heterocycles. The van der Waals surface area contributed by atoms with Crippen LogP contribution in [0.4, 0.5) is 4.79 Å². The smallest absolute Gasteiger partial charge is 0.410 e. The van der Waals surface area contributed by atoms with Crippen LogP contribution >= 0.6 is 0 Å². The second kappa shape index (κ2) is 4.24. The maximum Gasteiger partial charge on any atom is 0.410 e. The van der Waals surface area contributed by atoms with Crippen molar-refractivity contribution in [2.75, 3.05) is 13.1 Å². The van der Waals surface area contributed by atoms with Crippen LogP contribution in [-0.4, -0.2) is 41.8 Å². The molecule has 0 unspecified atom stereocenters. The molecule has 1 heterocycles. The van der Waals surface area contributed by atoms with Gasteiger partial charge in [0.25, 0.3) is 0 Å². The highest BCUT2D eigenvalue weighted by molar-refractivity contribution is 5.69. The van der Waals surface area contributed by atoms with Gasteiger partial charge in [0.05, 0.1) is 0 Å². The number of hydrogen-bond acceptors (Lipinski definition) is 3. The molecule has 4 nitrogen and oxygen atoms in total. The van der Waals surface area contributed by atoms with Crippen molar-refractivity contribution in [2.24, 2.45) is 0 Å². The molecule has 1 saturated carbocycles. The van der Waals surface area contributed by atoms with Gasteiger partial charge in [0, 0.05) is 18.6 Å². The van der Waals surface area contributed by atoms with Crippen LogP contribution in [0, 0.1) is 0 Å². The third-order valence-electron chi connectivity index (χ3n) is 2.97. The number of nitrogens with zero attached hydrogens (tertiary/aromatic N) is 1. The summed E-state index contributed by atoms with van der Waals surface area (Å²) < 4.78 is 5.47. The molecule has 0 aromatic rings. The van der Waals surface area contributed by atoms with Gasteiger partial charge in [-0.25, -0.2) is 4.79 Å². The third kappa shape index (κ3) is 2.88. The lowest BCUT2D eigenvalue weighted by Gasteiger charge is -2.31. The van der Waals surface area contributed by atoms with E-state index in [9.17, 15) is 4.79 Å².